The van der Waals surface area contributed by atoms with Crippen LogP contribution in [0.4, 0.5) is 0 Å². The fourth-order valence-corrected chi connectivity index (χ4v) is 2.99. The molecule has 0 radical (unpaired) electrons. The number of hydrogen-bond acceptors (Lipinski definition) is 3. The van der Waals surface area contributed by atoms with Crippen LogP contribution in [0.25, 0.3) is 16.7 Å². The van der Waals surface area contributed by atoms with Gasteiger partial charge in [0.25, 0.3) is 0 Å². The number of benzene rings is 2. The molecule has 0 bridgehead atoms. The highest BCUT2D eigenvalue weighted by Gasteiger charge is 2.38. The Hall–Kier alpha value is -2.81. The summed E-state index contributed by atoms with van der Waals surface area (Å²) in [6.45, 7) is 3.83. The first-order valence-electron chi connectivity index (χ1n) is 6.20. The van der Waals surface area contributed by atoms with Crippen LogP contribution in [0, 0.1) is 0 Å². The van der Waals surface area contributed by atoms with Gasteiger partial charge in [0.05, 0.1) is 0 Å². The van der Waals surface area contributed by atoms with Gasteiger partial charge in [-0.2, -0.15) is 0 Å². The summed E-state index contributed by atoms with van der Waals surface area (Å²) in [4.78, 5) is 36.7. The molecule has 94 valence electrons. The van der Waals surface area contributed by atoms with Crippen molar-refractivity contribution in [2.45, 2.75) is 0 Å². The van der Waals surface area contributed by atoms with Crippen LogP contribution in [0.15, 0.2) is 43.0 Å². The summed E-state index contributed by atoms with van der Waals surface area (Å²) in [6.07, 6.45) is 0. The summed E-state index contributed by atoms with van der Waals surface area (Å²) in [6, 6.07) is 9.97. The molecule has 2 aromatic carbocycles. The van der Waals surface area contributed by atoms with E-state index in [1.807, 2.05) is 0 Å². The Balaban J connectivity index is 2.28. The third-order valence-corrected chi connectivity index (χ3v) is 3.92. The highest BCUT2D eigenvalue weighted by molar-refractivity contribution is 6.54. The van der Waals surface area contributed by atoms with Crippen LogP contribution >= 0.6 is 0 Å². The van der Waals surface area contributed by atoms with Crippen molar-refractivity contribution < 1.29 is 14.4 Å². The van der Waals surface area contributed by atoms with Gasteiger partial charge in [0.1, 0.15) is 0 Å². The van der Waals surface area contributed by atoms with E-state index in [0.29, 0.717) is 39.0 Å². The fourth-order valence-electron chi connectivity index (χ4n) is 2.99. The van der Waals surface area contributed by atoms with Crippen molar-refractivity contribution in [2.75, 3.05) is 0 Å². The Morgan fingerprint density at radius 2 is 1.00 bits per heavy atom. The maximum Gasteiger partial charge on any atom is 0.234 e. The van der Waals surface area contributed by atoms with Crippen molar-refractivity contribution in [3.05, 3.63) is 65.2 Å². The molecule has 0 N–H and O–H groups in total. The van der Waals surface area contributed by atoms with Crippen LogP contribution in [0.1, 0.15) is 36.6 Å². The van der Waals surface area contributed by atoms with Gasteiger partial charge < -0.3 is 0 Å². The summed E-state index contributed by atoms with van der Waals surface area (Å²) in [5.74, 6) is -1.26. The average molecular weight is 260 g/mol. The van der Waals surface area contributed by atoms with Gasteiger partial charge in [-0.05, 0) is 5.56 Å². The highest BCUT2D eigenvalue weighted by atomic mass is 16.2. The van der Waals surface area contributed by atoms with E-state index in [1.54, 1.807) is 36.4 Å². The summed E-state index contributed by atoms with van der Waals surface area (Å²) < 4.78 is 0. The SMILES string of the molecule is C=C1C(=O)c2cccc3c2-c2c1cccc2C(=O)C3=O. The first-order valence-corrected chi connectivity index (χ1v) is 6.20. The van der Waals surface area contributed by atoms with Crippen LogP contribution in [0.5, 0.6) is 0 Å². The lowest BCUT2D eigenvalue weighted by Gasteiger charge is -2.27. The molecular formula is C17H8O3. The quantitative estimate of drug-likeness (QED) is 0.540. The smallest absolute Gasteiger partial charge is 0.234 e. The summed E-state index contributed by atoms with van der Waals surface area (Å²) >= 11 is 0. The number of allylic oxidation sites excluding steroid dienone is 1. The summed E-state index contributed by atoms with van der Waals surface area (Å²) in [5, 5.41) is 0. The molecule has 2 aromatic rings. The molecule has 3 nitrogen and oxygen atoms in total. The van der Waals surface area contributed by atoms with Crippen molar-refractivity contribution in [1.82, 2.24) is 0 Å². The van der Waals surface area contributed by atoms with Crippen molar-refractivity contribution in [3.8, 4) is 11.1 Å². The number of Topliss-reactive ketones (excluding diaryl/α,β-unsaturated/α-hetero) is 3. The van der Waals surface area contributed by atoms with Crippen LogP contribution in [0.3, 0.4) is 0 Å². The Morgan fingerprint density at radius 1 is 0.600 bits per heavy atom. The highest BCUT2D eigenvalue weighted by Crippen LogP contribution is 2.45. The maximum absolute atomic E-state index is 12.4. The van der Waals surface area contributed by atoms with E-state index in [9.17, 15) is 14.4 Å². The first kappa shape index (κ1) is 11.1. The Labute approximate surface area is 114 Å². The lowest BCUT2D eigenvalue weighted by molar-refractivity contribution is 0.0815. The van der Waals surface area contributed by atoms with Gasteiger partial charge in [-0.15, -0.1) is 0 Å². The van der Waals surface area contributed by atoms with Crippen LogP contribution in [-0.4, -0.2) is 17.3 Å². The summed E-state index contributed by atoms with van der Waals surface area (Å²) in [7, 11) is 0. The molecule has 3 heteroatoms. The first-order chi connectivity index (χ1) is 9.61. The van der Waals surface area contributed by atoms with Crippen LogP contribution in [0.2, 0.25) is 0 Å². The number of hydrogen-bond donors (Lipinski definition) is 0. The van der Waals surface area contributed by atoms with Gasteiger partial charge in [0, 0.05) is 33.4 Å². The van der Waals surface area contributed by atoms with Crippen LogP contribution in [-0.2, 0) is 0 Å². The van der Waals surface area contributed by atoms with Gasteiger partial charge in [0.2, 0.25) is 11.6 Å². The third-order valence-electron chi connectivity index (χ3n) is 3.92. The van der Waals surface area contributed by atoms with Crippen molar-refractivity contribution >= 4 is 22.9 Å². The van der Waals surface area contributed by atoms with E-state index in [1.165, 1.54) is 0 Å². The number of carbonyl (C=O) groups excluding carboxylic acids is 3. The molecule has 4 rings (SSSR count). The van der Waals surface area contributed by atoms with E-state index in [0.717, 1.165) is 0 Å². The molecule has 20 heavy (non-hydrogen) atoms. The second kappa shape index (κ2) is 3.39. The largest absolute Gasteiger partial charge is 0.289 e. The van der Waals surface area contributed by atoms with Gasteiger partial charge in [-0.1, -0.05) is 43.0 Å². The van der Waals surface area contributed by atoms with E-state index in [2.05, 4.69) is 6.58 Å². The van der Waals surface area contributed by atoms with Gasteiger partial charge in [-0.3, -0.25) is 14.4 Å². The van der Waals surface area contributed by atoms with E-state index < -0.39 is 11.6 Å². The molecular weight excluding hydrogens is 252 g/mol. The molecule has 0 unspecified atom stereocenters. The Bertz CT molecular complexity index is 734. The fraction of sp³-hybridized carbons (Fsp3) is 0. The molecule has 0 heterocycles. The minimum absolute atomic E-state index is 0.186. The summed E-state index contributed by atoms with van der Waals surface area (Å²) in [5.41, 5.74) is 3.40. The van der Waals surface area contributed by atoms with E-state index in [-0.39, 0.29) is 5.78 Å². The standard InChI is InChI=1S/C17H8O3/c1-8-9-4-2-6-11-13(9)14-10(15(8)18)5-3-7-12(14)17(20)16(11)19/h2-7H,1H2. The van der Waals surface area contributed by atoms with E-state index >= 15 is 0 Å². The Morgan fingerprint density at radius 3 is 1.55 bits per heavy atom. The van der Waals surface area contributed by atoms with Crippen molar-refractivity contribution in [2.24, 2.45) is 0 Å². The zero-order valence-electron chi connectivity index (χ0n) is 10.4. The third kappa shape index (κ3) is 1.08. The molecule has 2 aliphatic rings. The molecule has 0 spiro atoms. The zero-order valence-corrected chi connectivity index (χ0v) is 10.4. The molecule has 0 aromatic heterocycles. The molecule has 0 atom stereocenters. The lowest BCUT2D eigenvalue weighted by Crippen LogP contribution is -2.26. The van der Waals surface area contributed by atoms with Crippen molar-refractivity contribution in [3.63, 3.8) is 0 Å². The topological polar surface area (TPSA) is 51.2 Å². The molecule has 0 saturated carbocycles. The minimum atomic E-state index is -0.549. The molecule has 0 saturated heterocycles. The number of carbonyl (C=O) groups is 3. The number of rotatable bonds is 0. The van der Waals surface area contributed by atoms with Gasteiger partial charge in [0.15, 0.2) is 5.78 Å². The van der Waals surface area contributed by atoms with Gasteiger partial charge >= 0.3 is 0 Å². The Kier molecular flexibility index (Phi) is 1.87. The van der Waals surface area contributed by atoms with Crippen LogP contribution < -0.4 is 0 Å². The second-order valence-corrected chi connectivity index (χ2v) is 4.92. The average Bonchev–Trinajstić information content (AvgIpc) is 2.48. The van der Waals surface area contributed by atoms with Crippen molar-refractivity contribution in [1.29, 1.82) is 0 Å². The zero-order chi connectivity index (χ0) is 14.0. The monoisotopic (exact) mass is 260 g/mol. The normalized spacial score (nSPS) is 15.4. The van der Waals surface area contributed by atoms with Gasteiger partial charge in [-0.25, -0.2) is 0 Å². The number of ketones is 3. The molecule has 0 fully saturated rings. The molecule has 2 aliphatic carbocycles. The second-order valence-electron chi connectivity index (χ2n) is 4.92. The predicted molar refractivity (Wildman–Crippen MR) is 73.9 cm³/mol. The molecule has 0 aliphatic heterocycles. The maximum atomic E-state index is 12.4. The predicted octanol–water partition coefficient (Wildman–Crippen LogP) is 2.94. The molecule has 0 amide bonds. The minimum Gasteiger partial charge on any atom is -0.289 e. The van der Waals surface area contributed by atoms with E-state index in [4.69, 9.17) is 0 Å². The lowest BCUT2D eigenvalue weighted by atomic mass is 9.73.